The fourth-order valence-corrected chi connectivity index (χ4v) is 3.76. The van der Waals surface area contributed by atoms with Crippen molar-refractivity contribution >= 4 is 11.6 Å². The molecule has 1 aliphatic rings. The Labute approximate surface area is 157 Å². The largest absolute Gasteiger partial charge is 0.308 e. The van der Waals surface area contributed by atoms with Gasteiger partial charge in [0.1, 0.15) is 11.6 Å². The predicted octanol–water partition coefficient (Wildman–Crippen LogP) is 5.54. The molecule has 0 radical (unpaired) electrons. The Morgan fingerprint density at radius 3 is 2.33 bits per heavy atom. The summed E-state index contributed by atoms with van der Waals surface area (Å²) in [4.78, 5) is 14.7. The van der Waals surface area contributed by atoms with E-state index in [1.165, 1.54) is 24.3 Å². The minimum absolute atomic E-state index is 0.00484. The lowest BCUT2D eigenvalue weighted by molar-refractivity contribution is 0.0987. The van der Waals surface area contributed by atoms with Crippen molar-refractivity contribution in [1.29, 1.82) is 0 Å². The molecule has 1 aliphatic heterocycles. The lowest BCUT2D eigenvalue weighted by Gasteiger charge is -2.24. The number of hydrogen-bond donors (Lipinski definition) is 0. The van der Waals surface area contributed by atoms with E-state index in [-0.39, 0.29) is 23.5 Å². The van der Waals surface area contributed by atoms with Crippen molar-refractivity contribution in [2.75, 3.05) is 11.4 Å². The molecular weight excluding hydrogens is 344 g/mol. The van der Waals surface area contributed by atoms with Crippen LogP contribution in [0, 0.1) is 11.6 Å². The monoisotopic (exact) mass is 363 g/mol. The predicted molar refractivity (Wildman–Crippen MR) is 102 cm³/mol. The minimum atomic E-state index is -0.376. The van der Waals surface area contributed by atoms with E-state index in [0.717, 1.165) is 24.0 Å². The van der Waals surface area contributed by atoms with Crippen LogP contribution in [0.25, 0.3) is 0 Å². The van der Waals surface area contributed by atoms with Gasteiger partial charge in [0.15, 0.2) is 0 Å². The van der Waals surface area contributed by atoms with Crippen LogP contribution in [-0.2, 0) is 0 Å². The van der Waals surface area contributed by atoms with Gasteiger partial charge in [0.25, 0.3) is 5.91 Å². The Kier molecular flexibility index (Phi) is 4.71. The van der Waals surface area contributed by atoms with Crippen molar-refractivity contribution in [2.24, 2.45) is 0 Å². The van der Waals surface area contributed by atoms with Crippen LogP contribution in [0.4, 0.5) is 14.5 Å². The van der Waals surface area contributed by atoms with Crippen molar-refractivity contribution in [3.8, 4) is 0 Å². The van der Waals surface area contributed by atoms with Gasteiger partial charge >= 0.3 is 0 Å². The number of nitrogens with zero attached hydrogens (tertiary/aromatic N) is 1. The van der Waals surface area contributed by atoms with Gasteiger partial charge in [-0.2, -0.15) is 0 Å². The summed E-state index contributed by atoms with van der Waals surface area (Å²) < 4.78 is 27.4. The average molecular weight is 363 g/mol. The molecule has 4 rings (SSSR count). The molecule has 3 aromatic rings. The van der Waals surface area contributed by atoms with E-state index < -0.39 is 0 Å². The molecule has 1 heterocycles. The number of halogens is 2. The van der Waals surface area contributed by atoms with E-state index in [9.17, 15) is 13.6 Å². The summed E-state index contributed by atoms with van der Waals surface area (Å²) in [5, 5.41) is 0. The number of fused-ring (bicyclic) bond motifs is 1. The van der Waals surface area contributed by atoms with Crippen LogP contribution in [0.2, 0.25) is 0 Å². The lowest BCUT2D eigenvalue weighted by Crippen LogP contribution is -2.31. The first-order valence-electron chi connectivity index (χ1n) is 9.05. The van der Waals surface area contributed by atoms with E-state index >= 15 is 0 Å². The quantitative estimate of drug-likeness (QED) is 0.586. The second-order valence-corrected chi connectivity index (χ2v) is 6.77. The summed E-state index contributed by atoms with van der Waals surface area (Å²) in [6, 6.07) is 20.0. The second-order valence-electron chi connectivity index (χ2n) is 6.77. The molecule has 0 saturated carbocycles. The fourth-order valence-electron chi connectivity index (χ4n) is 3.76. The van der Waals surface area contributed by atoms with Crippen LogP contribution in [-0.4, -0.2) is 12.5 Å². The zero-order chi connectivity index (χ0) is 18.8. The third-order valence-electron chi connectivity index (χ3n) is 5.07. The molecule has 0 bridgehead atoms. The Bertz CT molecular complexity index is 954. The first-order chi connectivity index (χ1) is 13.1. The zero-order valence-electron chi connectivity index (χ0n) is 14.7. The van der Waals surface area contributed by atoms with Gasteiger partial charge in [-0.05, 0) is 60.4 Å². The molecule has 1 amide bonds. The summed E-state index contributed by atoms with van der Waals surface area (Å²) in [7, 11) is 0. The van der Waals surface area contributed by atoms with E-state index in [0.29, 0.717) is 17.8 Å². The number of carbonyl (C=O) groups excluding carboxylic acids is 1. The number of carbonyl (C=O) groups is 1. The van der Waals surface area contributed by atoms with Gasteiger partial charge in [0, 0.05) is 18.0 Å². The fraction of sp³-hybridized carbons (Fsp3) is 0.174. The van der Waals surface area contributed by atoms with Crippen LogP contribution in [0.3, 0.4) is 0 Å². The van der Waals surface area contributed by atoms with Gasteiger partial charge in [-0.1, -0.05) is 36.4 Å². The van der Waals surface area contributed by atoms with Gasteiger partial charge < -0.3 is 4.90 Å². The maximum Gasteiger partial charge on any atom is 0.258 e. The molecule has 1 atom stereocenters. The highest BCUT2D eigenvalue weighted by molar-refractivity contribution is 6.06. The van der Waals surface area contributed by atoms with E-state index in [1.54, 1.807) is 35.2 Å². The molecule has 0 fully saturated rings. The third kappa shape index (κ3) is 3.47. The zero-order valence-corrected chi connectivity index (χ0v) is 14.7. The van der Waals surface area contributed by atoms with Crippen LogP contribution >= 0.6 is 0 Å². The van der Waals surface area contributed by atoms with Gasteiger partial charge in [-0.3, -0.25) is 4.79 Å². The molecule has 0 spiro atoms. The van der Waals surface area contributed by atoms with E-state index in [2.05, 4.69) is 0 Å². The molecule has 27 heavy (non-hydrogen) atoms. The molecular formula is C23H19F2NO. The third-order valence-corrected chi connectivity index (χ3v) is 5.07. The molecule has 0 aromatic heterocycles. The molecule has 2 nitrogen and oxygen atoms in total. The molecule has 0 saturated heterocycles. The van der Waals surface area contributed by atoms with Crippen LogP contribution in [0.5, 0.6) is 0 Å². The summed E-state index contributed by atoms with van der Waals surface area (Å²) in [5.41, 5.74) is 3.03. The van der Waals surface area contributed by atoms with Crippen molar-refractivity contribution in [3.05, 3.63) is 101 Å². The number of hydrogen-bond acceptors (Lipinski definition) is 1. The Balaban J connectivity index is 1.79. The van der Waals surface area contributed by atoms with Crippen LogP contribution < -0.4 is 4.90 Å². The van der Waals surface area contributed by atoms with Crippen molar-refractivity contribution in [2.45, 2.75) is 18.8 Å². The van der Waals surface area contributed by atoms with Crippen molar-refractivity contribution in [3.63, 3.8) is 0 Å². The maximum absolute atomic E-state index is 14.1. The molecule has 136 valence electrons. The molecule has 0 aliphatic carbocycles. The lowest BCUT2D eigenvalue weighted by atomic mass is 9.87. The smallest absolute Gasteiger partial charge is 0.258 e. The highest BCUT2D eigenvalue weighted by Gasteiger charge is 2.28. The standard InChI is InChI=1S/C23H19F2NO/c24-18-10-8-16(9-11-18)20-7-4-14-26(22-15-19(25)12-13-21(20)22)23(27)17-5-2-1-3-6-17/h1-3,5-6,8-13,15,20H,4,7,14H2. The van der Waals surface area contributed by atoms with Crippen molar-refractivity contribution < 1.29 is 13.6 Å². The number of amides is 1. The Morgan fingerprint density at radius 2 is 1.59 bits per heavy atom. The minimum Gasteiger partial charge on any atom is -0.308 e. The highest BCUT2D eigenvalue weighted by Crippen LogP contribution is 2.39. The highest BCUT2D eigenvalue weighted by atomic mass is 19.1. The summed E-state index contributed by atoms with van der Waals surface area (Å²) in [6.07, 6.45) is 1.58. The Morgan fingerprint density at radius 1 is 0.889 bits per heavy atom. The number of benzene rings is 3. The van der Waals surface area contributed by atoms with Gasteiger partial charge in [-0.25, -0.2) is 8.78 Å². The number of anilines is 1. The molecule has 1 unspecified atom stereocenters. The summed E-state index contributed by atoms with van der Waals surface area (Å²) in [6.45, 7) is 0.516. The summed E-state index contributed by atoms with van der Waals surface area (Å²) >= 11 is 0. The first kappa shape index (κ1) is 17.4. The van der Waals surface area contributed by atoms with Gasteiger partial charge in [0.2, 0.25) is 0 Å². The molecule has 4 heteroatoms. The molecule has 0 N–H and O–H groups in total. The topological polar surface area (TPSA) is 20.3 Å². The average Bonchev–Trinajstić information content (AvgIpc) is 2.88. The van der Waals surface area contributed by atoms with Gasteiger partial charge in [0.05, 0.1) is 5.69 Å². The van der Waals surface area contributed by atoms with Crippen LogP contribution in [0.15, 0.2) is 72.8 Å². The SMILES string of the molecule is O=C(c1ccccc1)N1CCCC(c2ccc(F)cc2)c2ccc(F)cc21. The normalized spacial score (nSPS) is 16.5. The van der Waals surface area contributed by atoms with E-state index in [4.69, 9.17) is 0 Å². The van der Waals surface area contributed by atoms with E-state index in [1.807, 2.05) is 18.2 Å². The second kappa shape index (κ2) is 7.31. The van der Waals surface area contributed by atoms with Gasteiger partial charge in [-0.15, -0.1) is 0 Å². The number of rotatable bonds is 2. The summed E-state index contributed by atoms with van der Waals surface area (Å²) in [5.74, 6) is -0.802. The van der Waals surface area contributed by atoms with Crippen LogP contribution in [0.1, 0.15) is 40.2 Å². The first-order valence-corrected chi connectivity index (χ1v) is 9.05. The van der Waals surface area contributed by atoms with Crippen molar-refractivity contribution in [1.82, 2.24) is 0 Å². The molecule has 3 aromatic carbocycles. The Hall–Kier alpha value is -3.01. The maximum atomic E-state index is 14.1.